The predicted molar refractivity (Wildman–Crippen MR) is 102 cm³/mol. The zero-order valence-electron chi connectivity index (χ0n) is 13.4. The van der Waals surface area contributed by atoms with Crippen molar-refractivity contribution in [2.24, 2.45) is 0 Å². The van der Waals surface area contributed by atoms with Gasteiger partial charge in [0.25, 0.3) is 5.91 Å². The molecule has 0 atom stereocenters. The number of carbonyl (C=O) groups is 3. The predicted octanol–water partition coefficient (Wildman–Crippen LogP) is 2.52. The number of nitrogens with zero attached hydrogens (tertiary/aromatic N) is 1. The van der Waals surface area contributed by atoms with Crippen LogP contribution in [0.3, 0.4) is 0 Å². The van der Waals surface area contributed by atoms with Gasteiger partial charge in [-0.2, -0.15) is 0 Å². The summed E-state index contributed by atoms with van der Waals surface area (Å²) < 4.78 is 0.632. The second kappa shape index (κ2) is 9.74. The molecule has 1 aromatic rings. The van der Waals surface area contributed by atoms with Crippen LogP contribution < -0.4 is 10.9 Å². The van der Waals surface area contributed by atoms with Gasteiger partial charge in [-0.3, -0.25) is 30.1 Å². The van der Waals surface area contributed by atoms with Crippen molar-refractivity contribution in [2.75, 3.05) is 12.3 Å². The van der Waals surface area contributed by atoms with E-state index in [9.17, 15) is 14.4 Å². The fourth-order valence-electron chi connectivity index (χ4n) is 2.19. The van der Waals surface area contributed by atoms with E-state index in [-0.39, 0.29) is 11.8 Å². The van der Waals surface area contributed by atoms with Gasteiger partial charge in [-0.25, -0.2) is 0 Å². The van der Waals surface area contributed by atoms with E-state index in [0.29, 0.717) is 40.0 Å². The van der Waals surface area contributed by atoms with Crippen molar-refractivity contribution >= 4 is 57.6 Å². The van der Waals surface area contributed by atoms with E-state index in [4.69, 9.17) is 23.8 Å². The second-order valence-electron chi connectivity index (χ2n) is 5.42. The summed E-state index contributed by atoms with van der Waals surface area (Å²) in [4.78, 5) is 36.7. The highest BCUT2D eigenvalue weighted by Gasteiger charge is 2.25. The molecule has 0 radical (unpaired) electrons. The highest BCUT2D eigenvalue weighted by molar-refractivity contribution is 8.23. The Hall–Kier alpha value is -1.64. The number of amides is 3. The smallest absolute Gasteiger partial charge is 0.269 e. The Kier molecular flexibility index (Phi) is 7.67. The molecule has 0 aliphatic carbocycles. The zero-order valence-corrected chi connectivity index (χ0v) is 15.8. The fourth-order valence-corrected chi connectivity index (χ4v) is 3.44. The summed E-state index contributed by atoms with van der Waals surface area (Å²) in [6.45, 7) is 0.597. The molecule has 0 unspecified atom stereocenters. The van der Waals surface area contributed by atoms with E-state index >= 15 is 0 Å². The third-order valence-corrected chi connectivity index (χ3v) is 5.23. The summed E-state index contributed by atoms with van der Waals surface area (Å²) >= 11 is 12.2. The Balaban J connectivity index is 1.58. The molecule has 134 valence electrons. The number of unbranched alkanes of at least 4 members (excludes halogenated alkanes) is 2. The van der Waals surface area contributed by atoms with Crippen molar-refractivity contribution in [1.29, 1.82) is 0 Å². The number of hydrogen-bond acceptors (Lipinski definition) is 5. The van der Waals surface area contributed by atoms with Gasteiger partial charge in [0.2, 0.25) is 11.8 Å². The van der Waals surface area contributed by atoms with Crippen molar-refractivity contribution < 1.29 is 14.4 Å². The monoisotopic (exact) mass is 399 g/mol. The molecule has 9 heteroatoms. The molecule has 3 amide bonds. The van der Waals surface area contributed by atoms with Crippen LogP contribution in [-0.4, -0.2) is 39.2 Å². The van der Waals surface area contributed by atoms with E-state index < -0.39 is 5.91 Å². The molecule has 0 saturated carbocycles. The molecule has 1 fully saturated rings. The number of hydrazine groups is 1. The molecule has 1 saturated heterocycles. The van der Waals surface area contributed by atoms with Gasteiger partial charge >= 0.3 is 0 Å². The lowest BCUT2D eigenvalue weighted by atomic mass is 10.2. The fraction of sp³-hybridized carbons (Fsp3) is 0.375. The number of hydrogen-bond donors (Lipinski definition) is 2. The Morgan fingerprint density at radius 3 is 2.52 bits per heavy atom. The van der Waals surface area contributed by atoms with E-state index in [2.05, 4.69) is 10.9 Å². The first kappa shape index (κ1) is 19.7. The largest absolute Gasteiger partial charge is 0.297 e. The molecular formula is C16H18ClN3O3S2. The second-order valence-corrected chi connectivity index (χ2v) is 7.47. The van der Waals surface area contributed by atoms with Crippen LogP contribution in [0.5, 0.6) is 0 Å². The highest BCUT2D eigenvalue weighted by Crippen LogP contribution is 2.19. The van der Waals surface area contributed by atoms with E-state index in [1.165, 1.54) is 11.8 Å². The first-order valence-corrected chi connectivity index (χ1v) is 9.56. The van der Waals surface area contributed by atoms with Crippen LogP contribution in [0.15, 0.2) is 24.3 Å². The average Bonchev–Trinajstić information content (AvgIpc) is 2.91. The molecule has 6 nitrogen and oxygen atoms in total. The van der Waals surface area contributed by atoms with Crippen molar-refractivity contribution in [3.05, 3.63) is 34.9 Å². The molecule has 0 aromatic heterocycles. The summed E-state index contributed by atoms with van der Waals surface area (Å²) in [5.41, 5.74) is 5.15. The molecule has 2 rings (SSSR count). The maximum absolute atomic E-state index is 11.8. The lowest BCUT2D eigenvalue weighted by molar-refractivity contribution is -0.124. The minimum absolute atomic E-state index is 0.0534. The van der Waals surface area contributed by atoms with Crippen LogP contribution in [0.25, 0.3) is 0 Å². The van der Waals surface area contributed by atoms with Crippen molar-refractivity contribution in [1.82, 2.24) is 15.8 Å². The van der Waals surface area contributed by atoms with E-state index in [0.717, 1.165) is 12.8 Å². The van der Waals surface area contributed by atoms with Gasteiger partial charge in [-0.15, -0.1) is 0 Å². The van der Waals surface area contributed by atoms with Gasteiger partial charge in [-0.1, -0.05) is 42.0 Å². The number of nitrogens with one attached hydrogen (secondary N) is 2. The molecule has 1 aliphatic heterocycles. The maximum atomic E-state index is 11.8. The summed E-state index contributed by atoms with van der Waals surface area (Å²) in [5, 5.41) is 0.538. The molecular weight excluding hydrogens is 382 g/mol. The quantitative estimate of drug-likeness (QED) is 0.418. The standard InChI is InChI=1S/C16H18ClN3O3S2/c17-12-7-5-11(6-8-12)15(23)19-18-13(21)4-2-1-3-9-20-14(22)10-25-16(20)24/h5-8H,1-4,9-10H2,(H,18,21)(H,19,23). The molecule has 1 aromatic carbocycles. The minimum atomic E-state index is -0.399. The average molecular weight is 400 g/mol. The number of halogens is 1. The Bertz CT molecular complexity index is 651. The summed E-state index contributed by atoms with van der Waals surface area (Å²) in [6, 6.07) is 6.36. The van der Waals surface area contributed by atoms with Crippen LogP contribution in [-0.2, 0) is 9.59 Å². The van der Waals surface area contributed by atoms with Crippen LogP contribution in [0.2, 0.25) is 5.02 Å². The maximum Gasteiger partial charge on any atom is 0.269 e. The van der Waals surface area contributed by atoms with Crippen molar-refractivity contribution in [3.63, 3.8) is 0 Å². The Morgan fingerprint density at radius 2 is 1.88 bits per heavy atom. The lowest BCUT2D eigenvalue weighted by Crippen LogP contribution is -2.41. The van der Waals surface area contributed by atoms with Gasteiger partial charge in [0.05, 0.1) is 5.75 Å². The van der Waals surface area contributed by atoms with Gasteiger partial charge in [-0.05, 0) is 37.1 Å². The van der Waals surface area contributed by atoms with Gasteiger partial charge in [0.15, 0.2) is 0 Å². The zero-order chi connectivity index (χ0) is 18.2. The molecule has 2 N–H and O–H groups in total. The molecule has 0 spiro atoms. The first-order chi connectivity index (χ1) is 12.0. The van der Waals surface area contributed by atoms with Crippen molar-refractivity contribution in [2.45, 2.75) is 25.7 Å². The molecule has 1 aliphatic rings. The molecule has 0 bridgehead atoms. The van der Waals surface area contributed by atoms with Gasteiger partial charge in [0, 0.05) is 23.6 Å². The van der Waals surface area contributed by atoms with Crippen LogP contribution in [0.1, 0.15) is 36.0 Å². The number of carbonyl (C=O) groups excluding carboxylic acids is 3. The topological polar surface area (TPSA) is 78.5 Å². The number of benzene rings is 1. The first-order valence-electron chi connectivity index (χ1n) is 7.79. The van der Waals surface area contributed by atoms with E-state index in [1.807, 2.05) is 0 Å². The minimum Gasteiger partial charge on any atom is -0.297 e. The third kappa shape index (κ3) is 6.30. The van der Waals surface area contributed by atoms with Crippen LogP contribution in [0.4, 0.5) is 0 Å². The van der Waals surface area contributed by atoms with Gasteiger partial charge < -0.3 is 0 Å². The number of rotatable bonds is 7. The van der Waals surface area contributed by atoms with Crippen molar-refractivity contribution in [3.8, 4) is 0 Å². The van der Waals surface area contributed by atoms with Crippen LogP contribution in [0, 0.1) is 0 Å². The Morgan fingerprint density at radius 1 is 1.16 bits per heavy atom. The summed E-state index contributed by atoms with van der Waals surface area (Å²) in [6.07, 6.45) is 2.56. The normalized spacial score (nSPS) is 13.9. The number of thioether (sulfide) groups is 1. The third-order valence-electron chi connectivity index (χ3n) is 3.55. The molecule has 1 heterocycles. The molecule has 25 heavy (non-hydrogen) atoms. The SMILES string of the molecule is O=C(CCCCCN1C(=O)CSC1=S)NNC(=O)c1ccc(Cl)cc1. The summed E-state index contributed by atoms with van der Waals surface area (Å²) in [7, 11) is 0. The highest BCUT2D eigenvalue weighted by atomic mass is 35.5. The Labute approximate surface area is 160 Å². The van der Waals surface area contributed by atoms with Gasteiger partial charge in [0.1, 0.15) is 4.32 Å². The lowest BCUT2D eigenvalue weighted by Gasteiger charge is -2.14. The number of thiocarbonyl (C=S) groups is 1. The van der Waals surface area contributed by atoms with Crippen LogP contribution >= 0.6 is 35.6 Å². The van der Waals surface area contributed by atoms with E-state index in [1.54, 1.807) is 29.2 Å². The summed E-state index contributed by atoms with van der Waals surface area (Å²) in [5.74, 6) is -0.180.